The number of amides is 2. The number of rotatable bonds is 6. The van der Waals surface area contributed by atoms with Crippen molar-refractivity contribution in [1.82, 2.24) is 15.2 Å². The van der Waals surface area contributed by atoms with Gasteiger partial charge >= 0.3 is 0 Å². The van der Waals surface area contributed by atoms with E-state index in [-0.39, 0.29) is 17.9 Å². The first-order chi connectivity index (χ1) is 11.4. The second kappa shape index (κ2) is 8.32. The van der Waals surface area contributed by atoms with Crippen LogP contribution in [0, 0.1) is 3.57 Å². The fraction of sp³-hybridized carbons (Fsp3) is 0.333. The Labute approximate surface area is 156 Å². The summed E-state index contributed by atoms with van der Waals surface area (Å²) in [6, 6.07) is 10.9. The lowest BCUT2D eigenvalue weighted by atomic mass is 10.2. The highest BCUT2D eigenvalue weighted by atomic mass is 127. The van der Waals surface area contributed by atoms with Crippen molar-refractivity contribution in [3.8, 4) is 5.69 Å². The normalized spacial score (nSPS) is 13.2. The summed E-state index contributed by atoms with van der Waals surface area (Å²) in [5.41, 5.74) is 1.41. The Kier molecular flexibility index (Phi) is 6.42. The molecule has 0 spiro atoms. The fourth-order valence-electron chi connectivity index (χ4n) is 2.22. The Morgan fingerprint density at radius 2 is 1.92 bits per heavy atom. The monoisotopic (exact) mass is 439 g/mol. The van der Waals surface area contributed by atoms with E-state index in [2.05, 4.69) is 33.2 Å². The molecule has 0 saturated heterocycles. The summed E-state index contributed by atoms with van der Waals surface area (Å²) in [7, 11) is 0. The van der Waals surface area contributed by atoms with Crippen molar-refractivity contribution in [1.29, 1.82) is 0 Å². The number of carbonyl (C=O) groups excluding carboxylic acids is 2. The van der Waals surface area contributed by atoms with Crippen LogP contribution in [0.4, 0.5) is 0 Å². The molecular formula is C18H22IN3O2. The van der Waals surface area contributed by atoms with Gasteiger partial charge in [-0.25, -0.2) is 0 Å². The maximum Gasteiger partial charge on any atom is 0.268 e. The van der Waals surface area contributed by atoms with E-state index in [0.717, 1.165) is 15.7 Å². The summed E-state index contributed by atoms with van der Waals surface area (Å²) >= 11 is 2.24. The van der Waals surface area contributed by atoms with Crippen LogP contribution in [0.2, 0.25) is 0 Å². The van der Waals surface area contributed by atoms with Gasteiger partial charge in [-0.3, -0.25) is 9.59 Å². The molecule has 1 heterocycles. The van der Waals surface area contributed by atoms with E-state index in [9.17, 15) is 9.59 Å². The summed E-state index contributed by atoms with van der Waals surface area (Å²) in [5, 5.41) is 5.63. The lowest BCUT2D eigenvalue weighted by Crippen LogP contribution is -2.47. The van der Waals surface area contributed by atoms with Gasteiger partial charge in [0.1, 0.15) is 11.7 Å². The SMILES string of the molecule is CCC(C)NC(=O)C(C)NC(=O)c1cccn1-c1cccc(I)c1. The number of aromatic nitrogens is 1. The predicted molar refractivity (Wildman–Crippen MR) is 103 cm³/mol. The molecule has 0 aliphatic carbocycles. The van der Waals surface area contributed by atoms with Gasteiger partial charge in [0, 0.05) is 21.5 Å². The minimum Gasteiger partial charge on any atom is -0.352 e. The van der Waals surface area contributed by atoms with Crippen LogP contribution in [-0.4, -0.2) is 28.5 Å². The van der Waals surface area contributed by atoms with Crippen molar-refractivity contribution in [3.05, 3.63) is 51.9 Å². The van der Waals surface area contributed by atoms with E-state index in [0.29, 0.717) is 5.69 Å². The maximum absolute atomic E-state index is 12.5. The van der Waals surface area contributed by atoms with Gasteiger partial charge in [0.25, 0.3) is 5.91 Å². The van der Waals surface area contributed by atoms with Crippen LogP contribution in [0.5, 0.6) is 0 Å². The lowest BCUT2D eigenvalue weighted by Gasteiger charge is -2.18. The molecule has 0 aliphatic heterocycles. The molecule has 5 nitrogen and oxygen atoms in total. The van der Waals surface area contributed by atoms with E-state index >= 15 is 0 Å². The average Bonchev–Trinajstić information content (AvgIpc) is 3.04. The molecule has 24 heavy (non-hydrogen) atoms. The number of nitrogens with zero attached hydrogens (tertiary/aromatic N) is 1. The van der Waals surface area contributed by atoms with Gasteiger partial charge in [0.05, 0.1) is 0 Å². The lowest BCUT2D eigenvalue weighted by molar-refractivity contribution is -0.123. The van der Waals surface area contributed by atoms with Crippen molar-refractivity contribution in [2.75, 3.05) is 0 Å². The second-order valence-corrected chi connectivity index (χ2v) is 7.00. The minimum atomic E-state index is -0.592. The van der Waals surface area contributed by atoms with Gasteiger partial charge in [-0.05, 0) is 73.2 Å². The quantitative estimate of drug-likeness (QED) is 0.680. The van der Waals surface area contributed by atoms with Crippen LogP contribution in [0.3, 0.4) is 0 Å². The highest BCUT2D eigenvalue weighted by molar-refractivity contribution is 14.1. The van der Waals surface area contributed by atoms with Crippen molar-refractivity contribution < 1.29 is 9.59 Å². The highest BCUT2D eigenvalue weighted by Crippen LogP contribution is 2.16. The maximum atomic E-state index is 12.5. The molecule has 2 atom stereocenters. The molecule has 1 aromatic heterocycles. The molecule has 2 unspecified atom stereocenters. The molecule has 0 bridgehead atoms. The van der Waals surface area contributed by atoms with E-state index in [1.165, 1.54) is 0 Å². The predicted octanol–water partition coefficient (Wildman–Crippen LogP) is 3.11. The van der Waals surface area contributed by atoms with Crippen LogP contribution < -0.4 is 10.6 Å². The van der Waals surface area contributed by atoms with Crippen molar-refractivity contribution in [2.45, 2.75) is 39.3 Å². The van der Waals surface area contributed by atoms with Crippen LogP contribution in [0.25, 0.3) is 5.69 Å². The Hall–Kier alpha value is -1.83. The van der Waals surface area contributed by atoms with E-state index in [1.807, 2.05) is 54.9 Å². The average molecular weight is 439 g/mol. The molecule has 128 valence electrons. The number of nitrogens with one attached hydrogen (secondary N) is 2. The summed E-state index contributed by atoms with van der Waals surface area (Å²) in [5.74, 6) is -0.448. The largest absolute Gasteiger partial charge is 0.352 e. The van der Waals surface area contributed by atoms with E-state index in [4.69, 9.17) is 0 Å². The molecule has 0 radical (unpaired) electrons. The molecule has 2 rings (SSSR count). The fourth-order valence-corrected chi connectivity index (χ4v) is 2.75. The molecular weight excluding hydrogens is 417 g/mol. The first kappa shape index (κ1) is 18.5. The smallest absolute Gasteiger partial charge is 0.268 e. The highest BCUT2D eigenvalue weighted by Gasteiger charge is 2.19. The molecule has 1 aromatic carbocycles. The third-order valence-electron chi connectivity index (χ3n) is 3.81. The summed E-state index contributed by atoms with van der Waals surface area (Å²) < 4.78 is 2.91. The van der Waals surface area contributed by atoms with Gasteiger partial charge in [-0.2, -0.15) is 0 Å². The van der Waals surface area contributed by atoms with Gasteiger partial charge in [-0.1, -0.05) is 13.0 Å². The molecule has 0 fully saturated rings. The number of halogens is 1. The standard InChI is InChI=1S/C18H22IN3O2/c1-4-12(2)20-17(23)13(3)21-18(24)16-9-6-10-22(16)15-8-5-7-14(19)11-15/h5-13H,4H2,1-3H3,(H,20,23)(H,21,24). The van der Waals surface area contributed by atoms with Crippen molar-refractivity contribution in [2.24, 2.45) is 0 Å². The summed E-state index contributed by atoms with van der Waals surface area (Å²) in [6.45, 7) is 5.63. The molecule has 0 aliphatic rings. The van der Waals surface area contributed by atoms with Crippen LogP contribution in [0.15, 0.2) is 42.6 Å². The van der Waals surface area contributed by atoms with Gasteiger partial charge in [0.15, 0.2) is 0 Å². The molecule has 2 aromatic rings. The molecule has 2 N–H and O–H groups in total. The van der Waals surface area contributed by atoms with Gasteiger partial charge in [0.2, 0.25) is 5.91 Å². The van der Waals surface area contributed by atoms with Crippen molar-refractivity contribution >= 4 is 34.4 Å². The topological polar surface area (TPSA) is 63.1 Å². The zero-order valence-corrected chi connectivity index (χ0v) is 16.2. The zero-order valence-electron chi connectivity index (χ0n) is 14.0. The first-order valence-corrected chi connectivity index (χ1v) is 9.04. The van der Waals surface area contributed by atoms with E-state index in [1.54, 1.807) is 13.0 Å². The zero-order chi connectivity index (χ0) is 17.7. The van der Waals surface area contributed by atoms with Gasteiger partial charge < -0.3 is 15.2 Å². The number of carbonyl (C=O) groups is 2. The third-order valence-corrected chi connectivity index (χ3v) is 4.48. The first-order valence-electron chi connectivity index (χ1n) is 7.97. The summed E-state index contributed by atoms with van der Waals surface area (Å²) in [6.07, 6.45) is 2.69. The van der Waals surface area contributed by atoms with Crippen LogP contribution >= 0.6 is 22.6 Å². The Bertz CT molecular complexity index is 727. The molecule has 6 heteroatoms. The van der Waals surface area contributed by atoms with Gasteiger partial charge in [-0.15, -0.1) is 0 Å². The van der Waals surface area contributed by atoms with E-state index < -0.39 is 6.04 Å². The number of benzene rings is 1. The summed E-state index contributed by atoms with van der Waals surface area (Å²) in [4.78, 5) is 24.6. The third kappa shape index (κ3) is 4.59. The second-order valence-electron chi connectivity index (χ2n) is 5.76. The van der Waals surface area contributed by atoms with Crippen LogP contribution in [-0.2, 0) is 4.79 Å². The van der Waals surface area contributed by atoms with Crippen molar-refractivity contribution in [3.63, 3.8) is 0 Å². The molecule has 0 saturated carbocycles. The van der Waals surface area contributed by atoms with Crippen LogP contribution in [0.1, 0.15) is 37.7 Å². The number of hydrogen-bond acceptors (Lipinski definition) is 2. The Morgan fingerprint density at radius 1 is 1.17 bits per heavy atom. The molecule has 2 amide bonds. The number of hydrogen-bond donors (Lipinski definition) is 2. The minimum absolute atomic E-state index is 0.0899. The Morgan fingerprint density at radius 3 is 2.58 bits per heavy atom. The Balaban J connectivity index is 2.11.